The number of likely N-dealkylation sites (N-methyl/N-ethyl adjacent to an activating group) is 1. The Kier molecular flexibility index (Phi) is 10.4. The summed E-state index contributed by atoms with van der Waals surface area (Å²) < 4.78 is 0. The molecule has 1 aliphatic heterocycles. The largest absolute Gasteiger partial charge is 0.347 e. The normalized spacial score (nSPS) is 16.5. The number of nitrogens with one attached hydrogen (secondary N) is 1. The molecule has 0 aromatic rings. The van der Waals surface area contributed by atoms with Crippen molar-refractivity contribution in [2.45, 2.75) is 39.5 Å². The van der Waals surface area contributed by atoms with Gasteiger partial charge in [0.15, 0.2) is 0 Å². The molecule has 0 saturated carbocycles. The summed E-state index contributed by atoms with van der Waals surface area (Å²) in [4.78, 5) is 27.6. The van der Waals surface area contributed by atoms with E-state index in [1.807, 2.05) is 6.92 Å². The third kappa shape index (κ3) is 6.97. The Labute approximate surface area is 141 Å². The molecule has 1 fully saturated rings. The van der Waals surface area contributed by atoms with Gasteiger partial charge >= 0.3 is 0 Å². The zero-order chi connectivity index (χ0) is 15.8. The summed E-state index contributed by atoms with van der Waals surface area (Å²) in [5.74, 6) is 1.14. The number of carbonyl (C=O) groups is 2. The summed E-state index contributed by atoms with van der Waals surface area (Å²) in [5.41, 5.74) is 0. The lowest BCUT2D eigenvalue weighted by molar-refractivity contribution is -0.140. The van der Waals surface area contributed by atoms with Crippen LogP contribution in [0.5, 0.6) is 0 Å². The van der Waals surface area contributed by atoms with Crippen LogP contribution >= 0.6 is 12.4 Å². The number of hydrogen-bond donors (Lipinski definition) is 1. The number of rotatable bonds is 7. The van der Waals surface area contributed by atoms with E-state index in [1.54, 1.807) is 23.9 Å². The second kappa shape index (κ2) is 10.8. The molecule has 0 bridgehead atoms. The molecule has 2 amide bonds. The first-order chi connectivity index (χ1) is 9.95. The van der Waals surface area contributed by atoms with Crippen LogP contribution in [0.2, 0.25) is 0 Å². The topological polar surface area (TPSA) is 52.7 Å². The number of carbonyl (C=O) groups excluding carboxylic acids is 2. The molecule has 5 nitrogen and oxygen atoms in total. The molecule has 1 N–H and O–H groups in total. The van der Waals surface area contributed by atoms with E-state index in [2.05, 4.69) is 12.2 Å². The molecular formula is C16H32ClN3O2. The SMILES string of the molecule is CCCN(CC(=O)N(C)C)C(=O)CC(C)C1CCNCC1.Cl. The maximum absolute atomic E-state index is 12.5. The Morgan fingerprint density at radius 1 is 1.18 bits per heavy atom. The van der Waals surface area contributed by atoms with Gasteiger partial charge in [-0.1, -0.05) is 13.8 Å². The lowest BCUT2D eigenvalue weighted by atomic mass is 9.84. The van der Waals surface area contributed by atoms with Gasteiger partial charge in [-0.05, 0) is 44.2 Å². The highest BCUT2D eigenvalue weighted by molar-refractivity contribution is 5.85. The minimum Gasteiger partial charge on any atom is -0.347 e. The molecule has 0 spiro atoms. The Morgan fingerprint density at radius 2 is 1.77 bits per heavy atom. The highest BCUT2D eigenvalue weighted by Crippen LogP contribution is 2.24. The summed E-state index contributed by atoms with van der Waals surface area (Å²) in [7, 11) is 3.46. The summed E-state index contributed by atoms with van der Waals surface area (Å²) in [6, 6.07) is 0. The van der Waals surface area contributed by atoms with Gasteiger partial charge < -0.3 is 15.1 Å². The summed E-state index contributed by atoms with van der Waals surface area (Å²) in [5, 5.41) is 3.36. The molecule has 130 valence electrons. The first kappa shape index (κ1) is 21.2. The molecule has 1 saturated heterocycles. The zero-order valence-corrected chi connectivity index (χ0v) is 15.2. The van der Waals surface area contributed by atoms with Crippen molar-refractivity contribution < 1.29 is 9.59 Å². The monoisotopic (exact) mass is 333 g/mol. The van der Waals surface area contributed by atoms with Crippen molar-refractivity contribution >= 4 is 24.2 Å². The van der Waals surface area contributed by atoms with Gasteiger partial charge in [-0.25, -0.2) is 0 Å². The summed E-state index contributed by atoms with van der Waals surface area (Å²) in [6.45, 7) is 7.19. The van der Waals surface area contributed by atoms with E-state index in [4.69, 9.17) is 0 Å². The standard InChI is InChI=1S/C16H31N3O2.ClH/c1-5-10-19(12-16(21)18(3)4)15(20)11-13(2)14-6-8-17-9-7-14;/h13-14,17H,5-12H2,1-4H3;1H. The number of nitrogens with zero attached hydrogens (tertiary/aromatic N) is 2. The molecule has 0 radical (unpaired) electrons. The van der Waals surface area contributed by atoms with E-state index in [-0.39, 0.29) is 30.8 Å². The minimum atomic E-state index is -0.00804. The summed E-state index contributed by atoms with van der Waals surface area (Å²) in [6.07, 6.45) is 3.75. The third-order valence-electron chi connectivity index (χ3n) is 4.36. The van der Waals surface area contributed by atoms with Crippen LogP contribution in [0.4, 0.5) is 0 Å². The molecule has 1 rings (SSSR count). The molecule has 0 aromatic carbocycles. The van der Waals surface area contributed by atoms with Crippen LogP contribution in [0.25, 0.3) is 0 Å². The van der Waals surface area contributed by atoms with Gasteiger partial charge in [0.25, 0.3) is 0 Å². The third-order valence-corrected chi connectivity index (χ3v) is 4.36. The van der Waals surface area contributed by atoms with E-state index in [9.17, 15) is 9.59 Å². The Hall–Kier alpha value is -0.810. The molecule has 1 heterocycles. The van der Waals surface area contributed by atoms with Crippen molar-refractivity contribution in [1.29, 1.82) is 0 Å². The average Bonchev–Trinajstić information content (AvgIpc) is 2.47. The van der Waals surface area contributed by atoms with Crippen LogP contribution in [0.3, 0.4) is 0 Å². The van der Waals surface area contributed by atoms with Crippen molar-refractivity contribution in [2.24, 2.45) is 11.8 Å². The van der Waals surface area contributed by atoms with Gasteiger partial charge in [-0.3, -0.25) is 9.59 Å². The second-order valence-electron chi connectivity index (χ2n) is 6.37. The lowest BCUT2D eigenvalue weighted by Crippen LogP contribution is -2.42. The van der Waals surface area contributed by atoms with Gasteiger partial charge in [0.1, 0.15) is 0 Å². The molecular weight excluding hydrogens is 302 g/mol. The fraction of sp³-hybridized carbons (Fsp3) is 0.875. The van der Waals surface area contributed by atoms with Crippen molar-refractivity contribution in [1.82, 2.24) is 15.1 Å². The second-order valence-corrected chi connectivity index (χ2v) is 6.37. The number of amides is 2. The fourth-order valence-electron chi connectivity index (χ4n) is 2.85. The highest BCUT2D eigenvalue weighted by atomic mass is 35.5. The van der Waals surface area contributed by atoms with Crippen LogP contribution in [-0.4, -0.2) is 61.9 Å². The molecule has 1 unspecified atom stereocenters. The van der Waals surface area contributed by atoms with E-state index in [0.717, 1.165) is 32.4 Å². The Bertz CT molecular complexity index is 344. The first-order valence-electron chi connectivity index (χ1n) is 8.14. The van der Waals surface area contributed by atoms with Crippen LogP contribution in [0.1, 0.15) is 39.5 Å². The minimum absolute atomic E-state index is 0. The van der Waals surface area contributed by atoms with Crippen LogP contribution < -0.4 is 5.32 Å². The predicted octanol–water partition coefficient (Wildman–Crippen LogP) is 1.76. The molecule has 0 aliphatic carbocycles. The molecule has 1 aliphatic rings. The lowest BCUT2D eigenvalue weighted by Gasteiger charge is -2.30. The summed E-state index contributed by atoms with van der Waals surface area (Å²) >= 11 is 0. The Balaban J connectivity index is 0.00000441. The number of piperidine rings is 1. The van der Waals surface area contributed by atoms with Gasteiger partial charge in [-0.15, -0.1) is 12.4 Å². The fourth-order valence-corrected chi connectivity index (χ4v) is 2.85. The average molecular weight is 334 g/mol. The number of hydrogen-bond acceptors (Lipinski definition) is 3. The first-order valence-corrected chi connectivity index (χ1v) is 8.14. The van der Waals surface area contributed by atoms with Gasteiger partial charge in [0.05, 0.1) is 6.54 Å². The molecule has 1 atom stereocenters. The molecule has 0 aromatic heterocycles. The van der Waals surface area contributed by atoms with Crippen LogP contribution in [0.15, 0.2) is 0 Å². The zero-order valence-electron chi connectivity index (χ0n) is 14.4. The highest BCUT2D eigenvalue weighted by Gasteiger charge is 2.25. The smallest absolute Gasteiger partial charge is 0.241 e. The molecule has 6 heteroatoms. The van der Waals surface area contributed by atoms with Gasteiger partial charge in [-0.2, -0.15) is 0 Å². The van der Waals surface area contributed by atoms with Crippen LogP contribution in [0, 0.1) is 11.8 Å². The van der Waals surface area contributed by atoms with E-state index < -0.39 is 0 Å². The van der Waals surface area contributed by atoms with E-state index in [0.29, 0.717) is 24.8 Å². The van der Waals surface area contributed by atoms with Gasteiger partial charge in [0.2, 0.25) is 11.8 Å². The molecule has 22 heavy (non-hydrogen) atoms. The van der Waals surface area contributed by atoms with Crippen molar-refractivity contribution in [3.8, 4) is 0 Å². The van der Waals surface area contributed by atoms with Crippen molar-refractivity contribution in [3.63, 3.8) is 0 Å². The van der Waals surface area contributed by atoms with Crippen molar-refractivity contribution in [2.75, 3.05) is 40.3 Å². The predicted molar refractivity (Wildman–Crippen MR) is 92.2 cm³/mol. The Morgan fingerprint density at radius 3 is 2.27 bits per heavy atom. The maximum atomic E-state index is 12.5. The van der Waals surface area contributed by atoms with Crippen molar-refractivity contribution in [3.05, 3.63) is 0 Å². The maximum Gasteiger partial charge on any atom is 0.241 e. The number of halogens is 1. The van der Waals surface area contributed by atoms with Crippen LogP contribution in [-0.2, 0) is 9.59 Å². The quantitative estimate of drug-likeness (QED) is 0.772. The van der Waals surface area contributed by atoms with E-state index in [1.165, 1.54) is 0 Å². The van der Waals surface area contributed by atoms with Gasteiger partial charge in [0, 0.05) is 27.1 Å². The van der Waals surface area contributed by atoms with E-state index >= 15 is 0 Å².